The molecule has 2 N–H and O–H groups in total. The minimum atomic E-state index is -3.51. The van der Waals surface area contributed by atoms with Gasteiger partial charge in [0, 0.05) is 6.26 Å². The molecule has 1 amide bonds. The van der Waals surface area contributed by atoms with Crippen molar-refractivity contribution >= 4 is 21.7 Å². The fourth-order valence-electron chi connectivity index (χ4n) is 1.54. The van der Waals surface area contributed by atoms with Crippen LogP contribution in [0.5, 0.6) is 0 Å². The molecule has 1 fully saturated rings. The predicted molar refractivity (Wildman–Crippen MR) is 61.2 cm³/mol. The fraction of sp³-hybridized carbons (Fsp3) is 0.800. The zero-order valence-corrected chi connectivity index (χ0v) is 10.9. The number of carboxylic acid groups (broad SMARTS) is 1. The molecule has 1 rings (SSSR count). The average molecular weight is 263 g/mol. The number of aliphatic carboxylic acids is 1. The summed E-state index contributed by atoms with van der Waals surface area (Å²) in [5.41, 5.74) is -1.37. The van der Waals surface area contributed by atoms with Gasteiger partial charge in [0.1, 0.15) is 10.8 Å². The van der Waals surface area contributed by atoms with Gasteiger partial charge in [0.15, 0.2) is 9.84 Å². The molecule has 1 aliphatic carbocycles. The number of hydrogen-bond donors (Lipinski definition) is 2. The summed E-state index contributed by atoms with van der Waals surface area (Å²) in [6.07, 6.45) is 2.42. The van der Waals surface area contributed by atoms with Crippen LogP contribution in [0.15, 0.2) is 0 Å². The summed E-state index contributed by atoms with van der Waals surface area (Å²) in [5, 5.41) is 10.2. The molecule has 6 nitrogen and oxygen atoms in total. The van der Waals surface area contributed by atoms with Crippen molar-refractivity contribution in [2.24, 2.45) is 5.92 Å². The molecule has 0 saturated heterocycles. The maximum Gasteiger partial charge on any atom is 0.329 e. The highest BCUT2D eigenvalue weighted by molar-refractivity contribution is 7.92. The van der Waals surface area contributed by atoms with Crippen molar-refractivity contribution in [3.05, 3.63) is 0 Å². The van der Waals surface area contributed by atoms with E-state index in [1.165, 1.54) is 13.8 Å². The summed E-state index contributed by atoms with van der Waals surface area (Å²) in [5.74, 6) is -2.01. The van der Waals surface area contributed by atoms with E-state index in [1.54, 1.807) is 0 Å². The van der Waals surface area contributed by atoms with Crippen molar-refractivity contribution in [2.75, 3.05) is 6.26 Å². The number of rotatable bonds is 5. The van der Waals surface area contributed by atoms with Crippen LogP contribution in [0.4, 0.5) is 0 Å². The number of amides is 1. The first-order valence-electron chi connectivity index (χ1n) is 5.33. The second-order valence-corrected chi connectivity index (χ2v) is 7.11. The lowest BCUT2D eigenvalue weighted by Gasteiger charge is -2.27. The summed E-state index contributed by atoms with van der Waals surface area (Å²) < 4.78 is 22.4. The van der Waals surface area contributed by atoms with E-state index in [4.69, 9.17) is 5.11 Å². The van der Waals surface area contributed by atoms with Crippen LogP contribution in [0.2, 0.25) is 0 Å². The molecule has 1 aliphatic rings. The van der Waals surface area contributed by atoms with Gasteiger partial charge < -0.3 is 10.4 Å². The van der Waals surface area contributed by atoms with Crippen molar-refractivity contribution in [1.29, 1.82) is 0 Å². The lowest BCUT2D eigenvalue weighted by atomic mass is 9.96. The van der Waals surface area contributed by atoms with Crippen LogP contribution < -0.4 is 5.32 Å². The second-order valence-electron chi connectivity index (χ2n) is 4.74. The molecule has 0 bridgehead atoms. The van der Waals surface area contributed by atoms with Gasteiger partial charge in [-0.15, -0.1) is 0 Å². The average Bonchev–Trinajstić information content (AvgIpc) is 2.97. The van der Waals surface area contributed by atoms with Gasteiger partial charge in [-0.2, -0.15) is 0 Å². The Kier molecular flexibility index (Phi) is 3.52. The van der Waals surface area contributed by atoms with Gasteiger partial charge >= 0.3 is 5.97 Å². The third-order valence-corrected chi connectivity index (χ3v) is 4.73. The van der Waals surface area contributed by atoms with Crippen LogP contribution in [0.25, 0.3) is 0 Å². The summed E-state index contributed by atoms with van der Waals surface area (Å²) >= 11 is 0. The minimum absolute atomic E-state index is 0.115. The van der Waals surface area contributed by atoms with Crippen LogP contribution in [-0.4, -0.2) is 42.4 Å². The van der Waals surface area contributed by atoms with Crippen LogP contribution in [0, 0.1) is 5.92 Å². The highest BCUT2D eigenvalue weighted by atomic mass is 32.2. The smallest absolute Gasteiger partial charge is 0.329 e. The Hall–Kier alpha value is -1.11. The molecular weight excluding hydrogens is 246 g/mol. The molecule has 0 spiro atoms. The highest BCUT2D eigenvalue weighted by Gasteiger charge is 2.49. The molecular formula is C10H17NO5S. The Bertz CT molecular complexity index is 440. The number of sulfone groups is 1. The van der Waals surface area contributed by atoms with Crippen LogP contribution in [0.1, 0.15) is 26.7 Å². The SMILES string of the molecule is CC(C(=O)NC(C)(C(=O)O)C1CC1)S(C)(=O)=O. The summed E-state index contributed by atoms with van der Waals surface area (Å²) in [7, 11) is -3.51. The van der Waals surface area contributed by atoms with E-state index in [0.29, 0.717) is 0 Å². The lowest BCUT2D eigenvalue weighted by Crippen LogP contribution is -2.56. The molecule has 0 radical (unpaired) electrons. The van der Waals surface area contributed by atoms with Crippen molar-refractivity contribution in [1.82, 2.24) is 5.32 Å². The zero-order chi connectivity index (χ0) is 13.4. The molecule has 98 valence electrons. The van der Waals surface area contributed by atoms with Gasteiger partial charge in [0.25, 0.3) is 0 Å². The van der Waals surface area contributed by atoms with Crippen LogP contribution >= 0.6 is 0 Å². The molecule has 0 heterocycles. The van der Waals surface area contributed by atoms with Crippen molar-refractivity contribution in [2.45, 2.75) is 37.5 Å². The molecule has 0 aliphatic heterocycles. The van der Waals surface area contributed by atoms with E-state index in [-0.39, 0.29) is 5.92 Å². The normalized spacial score (nSPS) is 21.4. The Morgan fingerprint density at radius 2 is 1.88 bits per heavy atom. The predicted octanol–water partition coefficient (Wildman–Crippen LogP) is -0.211. The third-order valence-electron chi connectivity index (χ3n) is 3.23. The summed E-state index contributed by atoms with van der Waals surface area (Å²) in [4.78, 5) is 22.8. The maximum atomic E-state index is 11.7. The van der Waals surface area contributed by atoms with E-state index >= 15 is 0 Å². The second kappa shape index (κ2) is 4.29. The first kappa shape index (κ1) is 14.0. The van der Waals surface area contributed by atoms with Crippen molar-refractivity contribution < 1.29 is 23.1 Å². The largest absolute Gasteiger partial charge is 0.480 e. The first-order valence-corrected chi connectivity index (χ1v) is 7.28. The van der Waals surface area contributed by atoms with Crippen LogP contribution in [-0.2, 0) is 19.4 Å². The lowest BCUT2D eigenvalue weighted by molar-refractivity contribution is -0.147. The molecule has 1 saturated carbocycles. The number of carbonyl (C=O) groups excluding carboxylic acids is 1. The van der Waals surface area contributed by atoms with Crippen LogP contribution in [0.3, 0.4) is 0 Å². The number of carboxylic acids is 1. The summed E-state index contributed by atoms with van der Waals surface area (Å²) in [6, 6.07) is 0. The third kappa shape index (κ3) is 2.96. The molecule has 2 atom stereocenters. The Labute approximate surface area is 100 Å². The Balaban J connectivity index is 2.82. The van der Waals surface area contributed by atoms with E-state index < -0.39 is 32.5 Å². The van der Waals surface area contributed by atoms with Crippen molar-refractivity contribution in [3.8, 4) is 0 Å². The highest BCUT2D eigenvalue weighted by Crippen LogP contribution is 2.39. The molecule has 7 heteroatoms. The van der Waals surface area contributed by atoms with Gasteiger partial charge in [-0.1, -0.05) is 0 Å². The molecule has 0 aromatic rings. The van der Waals surface area contributed by atoms with E-state index in [2.05, 4.69) is 5.32 Å². The minimum Gasteiger partial charge on any atom is -0.480 e. The topological polar surface area (TPSA) is 101 Å². The number of hydrogen-bond acceptors (Lipinski definition) is 4. The molecule has 0 aromatic carbocycles. The summed E-state index contributed by atoms with van der Waals surface area (Å²) in [6.45, 7) is 2.67. The van der Waals surface area contributed by atoms with Gasteiger partial charge in [0.05, 0.1) is 0 Å². The van der Waals surface area contributed by atoms with Gasteiger partial charge in [0.2, 0.25) is 5.91 Å². The zero-order valence-electron chi connectivity index (χ0n) is 10.1. The number of nitrogens with one attached hydrogen (secondary N) is 1. The van der Waals surface area contributed by atoms with E-state index in [0.717, 1.165) is 19.1 Å². The van der Waals surface area contributed by atoms with Gasteiger partial charge in [-0.25, -0.2) is 13.2 Å². The molecule has 2 unspecified atom stereocenters. The fourth-order valence-corrected chi connectivity index (χ4v) is 1.99. The maximum absolute atomic E-state index is 11.7. The molecule has 17 heavy (non-hydrogen) atoms. The Morgan fingerprint density at radius 1 is 1.41 bits per heavy atom. The van der Waals surface area contributed by atoms with Crippen molar-refractivity contribution in [3.63, 3.8) is 0 Å². The molecule has 0 aromatic heterocycles. The standard InChI is InChI=1S/C10H17NO5S/c1-6(17(3,15)16)8(12)11-10(2,9(13)14)7-4-5-7/h6-7H,4-5H2,1-3H3,(H,11,12)(H,13,14). The van der Waals surface area contributed by atoms with E-state index in [9.17, 15) is 18.0 Å². The Morgan fingerprint density at radius 3 is 2.18 bits per heavy atom. The van der Waals surface area contributed by atoms with Gasteiger partial charge in [-0.3, -0.25) is 4.79 Å². The number of carbonyl (C=O) groups is 2. The first-order chi connectivity index (χ1) is 7.59. The van der Waals surface area contributed by atoms with E-state index in [1.807, 2.05) is 0 Å². The monoisotopic (exact) mass is 263 g/mol. The quantitative estimate of drug-likeness (QED) is 0.714. The van der Waals surface area contributed by atoms with Gasteiger partial charge in [-0.05, 0) is 32.6 Å².